The molecule has 0 saturated carbocycles. The number of thioether (sulfide) groups is 1. The standard InChI is InChI=1S/C29H22F2N2O3S/c30-22-11-10-19-21(26(22)31)17-37-25-9-5-4-8-20(25)27(19)32-14-12-23(34)28-29(24(35)13-15-33(28)32)36-16-18-6-2-1-3-7-18/h1-11,13,15,27H,12,14,16-17H2. The van der Waals surface area contributed by atoms with E-state index in [1.165, 1.54) is 17.8 Å². The molecule has 3 aromatic carbocycles. The predicted octanol–water partition coefficient (Wildman–Crippen LogP) is 5.63. The lowest BCUT2D eigenvalue weighted by atomic mass is 9.93. The molecule has 186 valence electrons. The van der Waals surface area contributed by atoms with Gasteiger partial charge in [0.2, 0.25) is 5.43 Å². The number of carbonyl (C=O) groups is 1. The molecule has 2 aliphatic heterocycles. The Morgan fingerprint density at radius 2 is 1.70 bits per heavy atom. The van der Waals surface area contributed by atoms with Gasteiger partial charge in [-0.3, -0.25) is 14.3 Å². The largest absolute Gasteiger partial charge is 0.483 e. The Bertz CT molecular complexity index is 1570. The van der Waals surface area contributed by atoms with Gasteiger partial charge in [-0.05, 0) is 28.8 Å². The van der Waals surface area contributed by atoms with Gasteiger partial charge in [0.05, 0.1) is 6.04 Å². The summed E-state index contributed by atoms with van der Waals surface area (Å²) in [4.78, 5) is 27.0. The second kappa shape index (κ2) is 9.52. The van der Waals surface area contributed by atoms with Gasteiger partial charge in [-0.1, -0.05) is 54.6 Å². The summed E-state index contributed by atoms with van der Waals surface area (Å²) in [5.74, 6) is -1.69. The van der Waals surface area contributed by atoms with Crippen molar-refractivity contribution in [1.82, 2.24) is 4.68 Å². The molecule has 8 heteroatoms. The van der Waals surface area contributed by atoms with Gasteiger partial charge in [-0.15, -0.1) is 11.8 Å². The zero-order valence-corrected chi connectivity index (χ0v) is 20.5. The fourth-order valence-electron chi connectivity index (χ4n) is 5.03. The summed E-state index contributed by atoms with van der Waals surface area (Å²) in [5, 5.41) is 1.94. The van der Waals surface area contributed by atoms with Crippen LogP contribution in [0.5, 0.6) is 5.75 Å². The maximum atomic E-state index is 15.0. The van der Waals surface area contributed by atoms with E-state index in [-0.39, 0.29) is 41.4 Å². The van der Waals surface area contributed by atoms with E-state index >= 15 is 4.39 Å². The fraction of sp³-hybridized carbons (Fsp3) is 0.172. The van der Waals surface area contributed by atoms with E-state index in [0.717, 1.165) is 22.1 Å². The number of pyridine rings is 1. The third-order valence-electron chi connectivity index (χ3n) is 6.78. The van der Waals surface area contributed by atoms with Crippen LogP contribution >= 0.6 is 11.8 Å². The molecule has 6 rings (SSSR count). The number of rotatable bonds is 4. The van der Waals surface area contributed by atoms with E-state index in [9.17, 15) is 14.0 Å². The second-order valence-corrected chi connectivity index (χ2v) is 9.99. The van der Waals surface area contributed by atoms with Crippen molar-refractivity contribution >= 4 is 17.5 Å². The predicted molar refractivity (Wildman–Crippen MR) is 138 cm³/mol. The van der Waals surface area contributed by atoms with Crippen molar-refractivity contribution in [2.75, 3.05) is 11.6 Å². The highest BCUT2D eigenvalue weighted by atomic mass is 32.2. The molecule has 0 aliphatic carbocycles. The Hall–Kier alpha value is -3.91. The molecule has 0 amide bonds. The van der Waals surface area contributed by atoms with Crippen LogP contribution in [0.15, 0.2) is 88.7 Å². The molecule has 37 heavy (non-hydrogen) atoms. The number of aromatic nitrogens is 1. The molecule has 0 saturated heterocycles. The Balaban J connectivity index is 1.50. The van der Waals surface area contributed by atoms with Crippen molar-refractivity contribution in [3.63, 3.8) is 0 Å². The highest BCUT2D eigenvalue weighted by Crippen LogP contribution is 2.43. The van der Waals surface area contributed by atoms with Crippen molar-refractivity contribution in [3.05, 3.63) is 129 Å². The number of halogens is 2. The number of ether oxygens (including phenoxy) is 1. The Morgan fingerprint density at radius 1 is 0.919 bits per heavy atom. The number of fused-ring (bicyclic) bond motifs is 3. The van der Waals surface area contributed by atoms with Crippen molar-refractivity contribution in [3.8, 4) is 5.75 Å². The average molecular weight is 517 g/mol. The summed E-state index contributed by atoms with van der Waals surface area (Å²) in [6, 6.07) is 20.8. The minimum absolute atomic E-state index is 0.0113. The van der Waals surface area contributed by atoms with Crippen LogP contribution in [-0.4, -0.2) is 17.0 Å². The third-order valence-corrected chi connectivity index (χ3v) is 7.90. The van der Waals surface area contributed by atoms with Crippen LogP contribution in [0.2, 0.25) is 0 Å². The highest BCUT2D eigenvalue weighted by molar-refractivity contribution is 7.98. The number of ketones is 1. The van der Waals surface area contributed by atoms with Crippen LogP contribution in [0.4, 0.5) is 8.78 Å². The Labute approximate surface area is 216 Å². The molecule has 0 bridgehead atoms. The molecular formula is C29H22F2N2O3S. The minimum Gasteiger partial charge on any atom is -0.483 e. The van der Waals surface area contributed by atoms with Crippen molar-refractivity contribution in [2.45, 2.75) is 29.7 Å². The van der Waals surface area contributed by atoms with Crippen molar-refractivity contribution in [2.24, 2.45) is 0 Å². The van der Waals surface area contributed by atoms with Crippen LogP contribution < -0.4 is 15.2 Å². The smallest absolute Gasteiger partial charge is 0.224 e. The minimum atomic E-state index is -0.890. The van der Waals surface area contributed by atoms with Crippen LogP contribution in [0.25, 0.3) is 0 Å². The molecule has 1 atom stereocenters. The molecule has 3 heterocycles. The van der Waals surface area contributed by atoms with Crippen LogP contribution in [0.1, 0.15) is 45.2 Å². The molecule has 1 unspecified atom stereocenters. The molecule has 4 aromatic rings. The Morgan fingerprint density at radius 3 is 2.54 bits per heavy atom. The monoisotopic (exact) mass is 516 g/mol. The summed E-state index contributed by atoms with van der Waals surface area (Å²) in [5.41, 5.74) is 2.48. The first-order valence-electron chi connectivity index (χ1n) is 11.9. The molecule has 1 aromatic heterocycles. The summed E-state index contributed by atoms with van der Waals surface area (Å²) in [6.45, 7) is 0.464. The quantitative estimate of drug-likeness (QED) is 0.352. The zero-order chi connectivity index (χ0) is 25.5. The van der Waals surface area contributed by atoms with Crippen molar-refractivity contribution < 1.29 is 18.3 Å². The van der Waals surface area contributed by atoms with Gasteiger partial charge in [-0.2, -0.15) is 0 Å². The van der Waals surface area contributed by atoms with E-state index in [1.54, 1.807) is 16.9 Å². The molecule has 0 fully saturated rings. The van der Waals surface area contributed by atoms with Crippen LogP contribution in [0, 0.1) is 11.6 Å². The van der Waals surface area contributed by atoms with Gasteiger partial charge in [-0.25, -0.2) is 8.78 Å². The van der Waals surface area contributed by atoms with Crippen LogP contribution in [-0.2, 0) is 12.4 Å². The number of carbonyl (C=O) groups excluding carboxylic acids is 1. The maximum absolute atomic E-state index is 15.0. The van der Waals surface area contributed by atoms with Gasteiger partial charge in [0.15, 0.2) is 28.9 Å². The summed E-state index contributed by atoms with van der Waals surface area (Å²) >= 11 is 1.45. The molecule has 0 spiro atoms. The van der Waals surface area contributed by atoms with Crippen molar-refractivity contribution in [1.29, 1.82) is 0 Å². The van der Waals surface area contributed by atoms with Crippen LogP contribution in [0.3, 0.4) is 0 Å². The molecule has 0 radical (unpaired) electrons. The molecule has 2 aliphatic rings. The lowest BCUT2D eigenvalue weighted by Crippen LogP contribution is -2.47. The first-order chi connectivity index (χ1) is 18.0. The SMILES string of the molecule is O=C1CCN(C2c3ccccc3SCc3c2ccc(F)c3F)n2ccc(=O)c(OCc3ccccc3)c21. The average Bonchev–Trinajstić information content (AvgIpc) is 3.08. The first kappa shape index (κ1) is 23.5. The second-order valence-electron chi connectivity index (χ2n) is 8.97. The summed E-state index contributed by atoms with van der Waals surface area (Å²) in [6.07, 6.45) is 1.71. The lowest BCUT2D eigenvalue weighted by Gasteiger charge is -2.40. The zero-order valence-electron chi connectivity index (χ0n) is 19.7. The van der Waals surface area contributed by atoms with Gasteiger partial charge >= 0.3 is 0 Å². The van der Waals surface area contributed by atoms with E-state index in [1.807, 2.05) is 59.6 Å². The Kier molecular flexibility index (Phi) is 6.04. The van der Waals surface area contributed by atoms with E-state index in [2.05, 4.69) is 0 Å². The molecular weight excluding hydrogens is 494 g/mol. The van der Waals surface area contributed by atoms with E-state index < -0.39 is 17.7 Å². The number of Topliss-reactive ketones (excluding diaryl/α,β-unsaturated/α-hetero) is 1. The van der Waals surface area contributed by atoms with Gasteiger partial charge in [0, 0.05) is 41.4 Å². The van der Waals surface area contributed by atoms with Gasteiger partial charge in [0.25, 0.3) is 0 Å². The molecule has 0 N–H and O–H groups in total. The van der Waals surface area contributed by atoms with Gasteiger partial charge < -0.3 is 9.75 Å². The van der Waals surface area contributed by atoms with E-state index in [4.69, 9.17) is 4.74 Å². The van der Waals surface area contributed by atoms with Gasteiger partial charge in [0.1, 0.15) is 6.61 Å². The summed E-state index contributed by atoms with van der Waals surface area (Å²) < 4.78 is 36.9. The number of nitrogens with zero attached hydrogens (tertiary/aromatic N) is 2. The first-order valence-corrected chi connectivity index (χ1v) is 12.9. The topological polar surface area (TPSA) is 51.5 Å². The normalized spacial score (nSPS) is 16.4. The highest BCUT2D eigenvalue weighted by Gasteiger charge is 2.36. The molecule has 5 nitrogen and oxygen atoms in total. The number of benzene rings is 3. The third kappa shape index (κ3) is 4.11. The summed E-state index contributed by atoms with van der Waals surface area (Å²) in [7, 11) is 0. The lowest BCUT2D eigenvalue weighted by molar-refractivity contribution is 0.0949. The number of hydrogen-bond acceptors (Lipinski definition) is 5. The maximum Gasteiger partial charge on any atom is 0.224 e. The van der Waals surface area contributed by atoms with E-state index in [0.29, 0.717) is 17.7 Å². The fourth-order valence-corrected chi connectivity index (χ4v) is 6.14. The number of hydrogen-bond donors (Lipinski definition) is 0.